The number of aliphatic hydroxyl groups excluding tert-OH is 1. The van der Waals surface area contributed by atoms with Crippen LogP contribution < -0.4 is 5.32 Å². The van der Waals surface area contributed by atoms with E-state index in [1.165, 1.54) is 16.9 Å². The highest BCUT2D eigenvalue weighted by Crippen LogP contribution is 2.42. The summed E-state index contributed by atoms with van der Waals surface area (Å²) in [5.74, 6) is 0.193. The number of aliphatic hydroxyl groups is 1. The normalized spacial score (nSPS) is 18.7. The Balaban J connectivity index is 1.83. The Morgan fingerprint density at radius 2 is 2.42 bits per heavy atom. The van der Waals surface area contributed by atoms with Crippen molar-refractivity contribution in [3.05, 3.63) is 22.6 Å². The average molecular weight is 345 g/mol. The molecule has 0 saturated heterocycles. The van der Waals surface area contributed by atoms with Crippen LogP contribution in [0.1, 0.15) is 53.7 Å². The van der Waals surface area contributed by atoms with E-state index in [-0.39, 0.29) is 18.3 Å². The number of amides is 1. The summed E-state index contributed by atoms with van der Waals surface area (Å²) in [7, 11) is 0. The van der Waals surface area contributed by atoms with Crippen molar-refractivity contribution in [2.75, 3.05) is 6.54 Å². The quantitative estimate of drug-likeness (QED) is 0.756. The van der Waals surface area contributed by atoms with Crippen LogP contribution in [0.5, 0.6) is 0 Å². The zero-order valence-corrected chi connectivity index (χ0v) is 14.4. The van der Waals surface area contributed by atoms with Crippen molar-refractivity contribution in [1.82, 2.24) is 24.9 Å². The Hall–Kier alpha value is -2.06. The third-order valence-electron chi connectivity index (χ3n) is 4.44. The van der Waals surface area contributed by atoms with Crippen molar-refractivity contribution in [2.24, 2.45) is 0 Å². The van der Waals surface area contributed by atoms with Gasteiger partial charge in [-0.3, -0.25) is 4.79 Å². The van der Waals surface area contributed by atoms with Crippen LogP contribution in [0.25, 0.3) is 15.9 Å². The summed E-state index contributed by atoms with van der Waals surface area (Å²) in [6, 6.07) is 0. The SMILES string of the molecule is C[C@@H](O)CNC(=O)c1nc2c3c4c(sc3ncn2n1)CCC[C@@H]4C. The fourth-order valence-electron chi connectivity index (χ4n) is 3.30. The van der Waals surface area contributed by atoms with Crippen LogP contribution in [0.2, 0.25) is 0 Å². The molecule has 0 radical (unpaired) electrons. The van der Waals surface area contributed by atoms with Gasteiger partial charge in [0.1, 0.15) is 11.2 Å². The van der Waals surface area contributed by atoms with Crippen LogP contribution in [0.15, 0.2) is 6.33 Å². The Kier molecular flexibility index (Phi) is 3.73. The molecule has 1 amide bonds. The number of nitrogens with zero attached hydrogens (tertiary/aromatic N) is 4. The maximum atomic E-state index is 12.2. The molecule has 0 spiro atoms. The van der Waals surface area contributed by atoms with Crippen LogP contribution >= 0.6 is 11.3 Å². The van der Waals surface area contributed by atoms with Gasteiger partial charge in [-0.2, -0.15) is 0 Å². The standard InChI is InChI=1S/C16H19N5O2S/c1-8-4-3-5-10-11(8)12-14-19-13(15(23)17-6-9(2)22)20-21(14)7-18-16(12)24-10/h7-9,22H,3-6H2,1-2H3,(H,17,23)/t8-,9+/m0/s1. The average Bonchev–Trinajstić information content (AvgIpc) is 3.13. The molecule has 2 N–H and O–H groups in total. The molecular formula is C16H19N5O2S. The van der Waals surface area contributed by atoms with E-state index in [9.17, 15) is 9.90 Å². The third kappa shape index (κ3) is 2.46. The van der Waals surface area contributed by atoms with Gasteiger partial charge in [-0.25, -0.2) is 14.5 Å². The lowest BCUT2D eigenvalue weighted by Gasteiger charge is -2.18. The van der Waals surface area contributed by atoms with E-state index in [0.717, 1.165) is 23.1 Å². The Morgan fingerprint density at radius 3 is 3.21 bits per heavy atom. The largest absolute Gasteiger partial charge is 0.392 e. The van der Waals surface area contributed by atoms with Crippen molar-refractivity contribution < 1.29 is 9.90 Å². The fraction of sp³-hybridized carbons (Fsp3) is 0.500. The monoisotopic (exact) mass is 345 g/mol. The van der Waals surface area contributed by atoms with Crippen molar-refractivity contribution in [1.29, 1.82) is 0 Å². The van der Waals surface area contributed by atoms with Crippen molar-refractivity contribution in [3.8, 4) is 0 Å². The molecule has 0 aliphatic heterocycles. The van der Waals surface area contributed by atoms with Crippen molar-refractivity contribution >= 4 is 33.1 Å². The summed E-state index contributed by atoms with van der Waals surface area (Å²) in [6.07, 6.45) is 4.46. The predicted molar refractivity (Wildman–Crippen MR) is 91.5 cm³/mol. The van der Waals surface area contributed by atoms with Crippen LogP contribution in [0.3, 0.4) is 0 Å². The predicted octanol–water partition coefficient (Wildman–Crippen LogP) is 1.89. The number of fused-ring (bicyclic) bond motifs is 5. The first-order chi connectivity index (χ1) is 11.5. The van der Waals surface area contributed by atoms with Gasteiger partial charge in [0.25, 0.3) is 5.91 Å². The first-order valence-corrected chi connectivity index (χ1v) is 8.99. The van der Waals surface area contributed by atoms with E-state index in [1.54, 1.807) is 29.1 Å². The van der Waals surface area contributed by atoms with Crippen LogP contribution in [-0.4, -0.2) is 43.2 Å². The molecule has 0 saturated carbocycles. The molecule has 7 nitrogen and oxygen atoms in total. The van der Waals surface area contributed by atoms with Gasteiger partial charge >= 0.3 is 0 Å². The molecule has 4 rings (SSSR count). The molecule has 126 valence electrons. The first-order valence-electron chi connectivity index (χ1n) is 8.17. The maximum absolute atomic E-state index is 12.2. The summed E-state index contributed by atoms with van der Waals surface area (Å²) < 4.78 is 1.58. The summed E-state index contributed by atoms with van der Waals surface area (Å²) in [6.45, 7) is 4.02. The highest BCUT2D eigenvalue weighted by atomic mass is 32.1. The summed E-state index contributed by atoms with van der Waals surface area (Å²) >= 11 is 1.72. The van der Waals surface area contributed by atoms with Gasteiger partial charge < -0.3 is 10.4 Å². The van der Waals surface area contributed by atoms with Gasteiger partial charge in [0.15, 0.2) is 5.65 Å². The second kappa shape index (κ2) is 5.78. The highest BCUT2D eigenvalue weighted by Gasteiger charge is 2.25. The second-order valence-corrected chi connectivity index (χ2v) is 7.50. The first kappa shape index (κ1) is 15.5. The lowest BCUT2D eigenvalue weighted by atomic mass is 9.87. The lowest BCUT2D eigenvalue weighted by Crippen LogP contribution is -2.31. The second-order valence-electron chi connectivity index (χ2n) is 6.42. The van der Waals surface area contributed by atoms with Gasteiger partial charge in [0, 0.05) is 11.4 Å². The number of nitrogens with one attached hydrogen (secondary N) is 1. The number of rotatable bonds is 3. The molecule has 0 bridgehead atoms. The number of hydrogen-bond donors (Lipinski definition) is 2. The number of thiophene rings is 1. The molecule has 1 aliphatic rings. The molecular weight excluding hydrogens is 326 g/mol. The maximum Gasteiger partial charge on any atom is 0.291 e. The third-order valence-corrected chi connectivity index (χ3v) is 5.61. The van der Waals surface area contributed by atoms with Gasteiger partial charge in [0.2, 0.25) is 5.82 Å². The summed E-state index contributed by atoms with van der Waals surface area (Å²) in [4.78, 5) is 23.5. The van der Waals surface area contributed by atoms with E-state index in [2.05, 4.69) is 27.3 Å². The van der Waals surface area contributed by atoms with Gasteiger partial charge in [-0.1, -0.05) is 6.92 Å². The molecule has 3 aromatic heterocycles. The number of carbonyl (C=O) groups excluding carboxylic acids is 1. The Bertz CT molecular complexity index is 929. The number of aromatic nitrogens is 4. The molecule has 3 heterocycles. The van der Waals surface area contributed by atoms with Crippen LogP contribution in [-0.2, 0) is 6.42 Å². The smallest absolute Gasteiger partial charge is 0.291 e. The van der Waals surface area contributed by atoms with Gasteiger partial charge in [-0.15, -0.1) is 16.4 Å². The van der Waals surface area contributed by atoms with E-state index in [0.29, 0.717) is 11.6 Å². The molecule has 2 atom stereocenters. The topological polar surface area (TPSA) is 92.4 Å². The Labute approximate surface area is 142 Å². The van der Waals surface area contributed by atoms with E-state index >= 15 is 0 Å². The van der Waals surface area contributed by atoms with E-state index in [1.807, 2.05) is 0 Å². The minimum atomic E-state index is -0.607. The van der Waals surface area contributed by atoms with Gasteiger partial charge in [0.05, 0.1) is 11.5 Å². The molecule has 0 aromatic carbocycles. The molecule has 3 aromatic rings. The van der Waals surface area contributed by atoms with Crippen molar-refractivity contribution in [3.63, 3.8) is 0 Å². The molecule has 0 unspecified atom stereocenters. The number of carbonyl (C=O) groups is 1. The molecule has 1 aliphatic carbocycles. The van der Waals surface area contributed by atoms with E-state index in [4.69, 9.17) is 0 Å². The van der Waals surface area contributed by atoms with Crippen LogP contribution in [0, 0.1) is 0 Å². The molecule has 24 heavy (non-hydrogen) atoms. The summed E-state index contributed by atoms with van der Waals surface area (Å²) in [5, 5.41) is 17.2. The minimum absolute atomic E-state index is 0.105. The molecule has 8 heteroatoms. The summed E-state index contributed by atoms with van der Waals surface area (Å²) in [5.41, 5.74) is 2.01. The minimum Gasteiger partial charge on any atom is -0.392 e. The zero-order chi connectivity index (χ0) is 16.8. The van der Waals surface area contributed by atoms with Crippen molar-refractivity contribution in [2.45, 2.75) is 45.1 Å². The Morgan fingerprint density at radius 1 is 1.58 bits per heavy atom. The number of aryl methyl sites for hydroxylation is 1. The zero-order valence-electron chi connectivity index (χ0n) is 13.6. The highest BCUT2D eigenvalue weighted by molar-refractivity contribution is 7.19. The van der Waals surface area contributed by atoms with Crippen LogP contribution in [0.4, 0.5) is 0 Å². The van der Waals surface area contributed by atoms with Gasteiger partial charge in [-0.05, 0) is 37.7 Å². The fourth-order valence-corrected chi connectivity index (χ4v) is 4.60. The van der Waals surface area contributed by atoms with E-state index < -0.39 is 6.10 Å². The lowest BCUT2D eigenvalue weighted by molar-refractivity contribution is 0.0914. The molecule has 0 fully saturated rings. The number of hydrogen-bond acceptors (Lipinski definition) is 6.